The minimum Gasteiger partial charge on any atom is -0.349 e. The minimum absolute atomic E-state index is 0.0745. The largest absolute Gasteiger partial charge is 0.349 e. The van der Waals surface area contributed by atoms with Crippen LogP contribution in [0.25, 0.3) is 11.0 Å². The molecule has 0 aliphatic heterocycles. The number of rotatable bonds is 5. The zero-order valence-corrected chi connectivity index (χ0v) is 14.7. The van der Waals surface area contributed by atoms with Gasteiger partial charge in [0.1, 0.15) is 0 Å². The molecule has 130 valence electrons. The molecule has 1 unspecified atom stereocenters. The molecule has 0 bridgehead atoms. The molecule has 1 saturated carbocycles. The van der Waals surface area contributed by atoms with E-state index < -0.39 is 0 Å². The van der Waals surface area contributed by atoms with Crippen LogP contribution in [0.1, 0.15) is 36.6 Å². The Morgan fingerprint density at radius 2 is 2.12 bits per heavy atom. The van der Waals surface area contributed by atoms with Gasteiger partial charge >= 0.3 is 0 Å². The van der Waals surface area contributed by atoms with Gasteiger partial charge in [-0.2, -0.15) is 0 Å². The van der Waals surface area contributed by atoms with Gasteiger partial charge in [-0.05, 0) is 50.7 Å². The molecule has 2 aromatic rings. The first-order valence-electron chi connectivity index (χ1n) is 8.32. The van der Waals surface area contributed by atoms with Crippen molar-refractivity contribution in [3.05, 3.63) is 27.2 Å². The second kappa shape index (κ2) is 5.73. The molecular weight excluding hydrogens is 306 g/mol. The van der Waals surface area contributed by atoms with Crippen LogP contribution in [0.4, 0.5) is 0 Å². The van der Waals surface area contributed by atoms with Gasteiger partial charge in [0, 0.05) is 19.3 Å². The number of aromatic nitrogens is 3. The highest BCUT2D eigenvalue weighted by Gasteiger charge is 2.41. The Morgan fingerprint density at radius 1 is 1.46 bits per heavy atom. The monoisotopic (exact) mass is 331 g/mol. The summed E-state index contributed by atoms with van der Waals surface area (Å²) in [5, 5.41) is 6.36. The molecule has 2 aromatic heterocycles. The minimum atomic E-state index is -0.347. The average molecular weight is 331 g/mol. The molecule has 1 fully saturated rings. The van der Waals surface area contributed by atoms with E-state index in [2.05, 4.69) is 15.4 Å². The predicted molar refractivity (Wildman–Crippen MR) is 92.8 cm³/mol. The van der Waals surface area contributed by atoms with E-state index in [0.717, 1.165) is 29.7 Å². The quantitative estimate of drug-likeness (QED) is 0.748. The molecule has 7 nitrogen and oxygen atoms in total. The first-order chi connectivity index (χ1) is 11.3. The number of hydrogen-bond donors (Lipinski definition) is 3. The Morgan fingerprint density at radius 3 is 2.71 bits per heavy atom. The summed E-state index contributed by atoms with van der Waals surface area (Å²) >= 11 is 0. The lowest BCUT2D eigenvalue weighted by Gasteiger charge is -2.29. The first-order valence-corrected chi connectivity index (χ1v) is 8.32. The maximum absolute atomic E-state index is 12.6. The summed E-state index contributed by atoms with van der Waals surface area (Å²) in [6.45, 7) is 6.18. The number of nitrogens with two attached hydrogens (primary N) is 1. The van der Waals surface area contributed by atoms with Crippen LogP contribution in [0.15, 0.2) is 4.79 Å². The van der Waals surface area contributed by atoms with E-state index in [1.165, 1.54) is 0 Å². The van der Waals surface area contributed by atoms with E-state index in [-0.39, 0.29) is 23.4 Å². The number of fused-ring (bicyclic) bond motifs is 1. The number of amides is 1. The summed E-state index contributed by atoms with van der Waals surface area (Å²) in [6.07, 6.45) is 2.43. The number of H-pyrrole nitrogens is 1. The van der Waals surface area contributed by atoms with Gasteiger partial charge in [-0.25, -0.2) is 4.98 Å². The number of nitrogens with zero attached hydrogens (tertiary/aromatic N) is 2. The zero-order chi connectivity index (χ0) is 17.6. The zero-order valence-electron chi connectivity index (χ0n) is 14.7. The van der Waals surface area contributed by atoms with Crippen molar-refractivity contribution < 1.29 is 4.79 Å². The van der Waals surface area contributed by atoms with Crippen molar-refractivity contribution in [2.24, 2.45) is 18.7 Å². The lowest BCUT2D eigenvalue weighted by molar-refractivity contribution is -0.122. The van der Waals surface area contributed by atoms with Crippen molar-refractivity contribution in [2.45, 2.75) is 45.6 Å². The maximum atomic E-state index is 12.6. The average Bonchev–Trinajstić information content (AvgIpc) is 3.31. The van der Waals surface area contributed by atoms with Crippen LogP contribution in [-0.2, 0) is 18.3 Å². The molecule has 1 aliphatic carbocycles. The van der Waals surface area contributed by atoms with Crippen molar-refractivity contribution >= 4 is 16.9 Å². The van der Waals surface area contributed by atoms with E-state index in [4.69, 9.17) is 5.73 Å². The van der Waals surface area contributed by atoms with Crippen LogP contribution in [0.3, 0.4) is 0 Å². The van der Waals surface area contributed by atoms with Gasteiger partial charge in [-0.15, -0.1) is 0 Å². The molecule has 2 heterocycles. The van der Waals surface area contributed by atoms with Crippen molar-refractivity contribution in [1.29, 1.82) is 0 Å². The molecular formula is C17H25N5O2. The molecule has 24 heavy (non-hydrogen) atoms. The van der Waals surface area contributed by atoms with Crippen LogP contribution < -0.4 is 16.6 Å². The Hall–Kier alpha value is -2.15. The SMILES string of the molecule is Cc1nc2c(c(C)c1CC(=O)NC(C)(CN)C1CC1)c(=O)[nH]n2C. The summed E-state index contributed by atoms with van der Waals surface area (Å²) in [4.78, 5) is 29.2. The molecule has 1 atom stereocenters. The first kappa shape index (κ1) is 16.7. The fraction of sp³-hybridized carbons (Fsp3) is 0.588. The number of hydrogen-bond acceptors (Lipinski definition) is 4. The number of carbonyl (C=O) groups excluding carboxylic acids is 1. The summed E-state index contributed by atoms with van der Waals surface area (Å²) in [6, 6.07) is 0. The molecule has 4 N–H and O–H groups in total. The van der Waals surface area contributed by atoms with Crippen LogP contribution in [0.5, 0.6) is 0 Å². The topological polar surface area (TPSA) is 106 Å². The molecule has 1 amide bonds. The lowest BCUT2D eigenvalue weighted by atomic mass is 9.94. The second-order valence-corrected chi connectivity index (χ2v) is 7.12. The van der Waals surface area contributed by atoms with Gasteiger partial charge < -0.3 is 11.1 Å². The van der Waals surface area contributed by atoms with Gasteiger partial charge in [-0.1, -0.05) is 0 Å². The molecule has 7 heteroatoms. The third-order valence-corrected chi connectivity index (χ3v) is 5.24. The smallest absolute Gasteiger partial charge is 0.273 e. The Bertz CT molecular complexity index is 862. The molecule has 0 aromatic carbocycles. The number of pyridine rings is 1. The van der Waals surface area contributed by atoms with E-state index in [1.807, 2.05) is 20.8 Å². The summed E-state index contributed by atoms with van der Waals surface area (Å²) in [7, 11) is 1.75. The van der Waals surface area contributed by atoms with Crippen LogP contribution in [-0.4, -0.2) is 32.8 Å². The standard InChI is InChI=1S/C17H25N5O2/c1-9-12(7-13(23)20-17(3,8-18)11-5-6-11)10(2)19-15-14(9)16(24)21-22(15)4/h11H,5-8,18H2,1-4H3,(H,20,23)(H,21,24). The second-order valence-electron chi connectivity index (χ2n) is 7.12. The van der Waals surface area contributed by atoms with Crippen LogP contribution in [0, 0.1) is 19.8 Å². The number of nitrogens with one attached hydrogen (secondary N) is 2. The van der Waals surface area contributed by atoms with E-state index in [9.17, 15) is 9.59 Å². The molecule has 0 spiro atoms. The predicted octanol–water partition coefficient (Wildman–Crippen LogP) is 0.665. The number of aromatic amines is 1. The van der Waals surface area contributed by atoms with Gasteiger partial charge in [0.25, 0.3) is 5.56 Å². The van der Waals surface area contributed by atoms with E-state index >= 15 is 0 Å². The highest BCUT2D eigenvalue weighted by atomic mass is 16.1. The summed E-state index contributed by atoms with van der Waals surface area (Å²) in [5.74, 6) is 0.390. The van der Waals surface area contributed by atoms with Crippen LogP contribution in [0.2, 0.25) is 0 Å². The third kappa shape index (κ3) is 2.73. The maximum Gasteiger partial charge on any atom is 0.273 e. The highest BCUT2D eigenvalue weighted by molar-refractivity contribution is 5.85. The van der Waals surface area contributed by atoms with E-state index in [0.29, 0.717) is 23.5 Å². The molecule has 3 rings (SSSR count). The Kier molecular flexibility index (Phi) is 3.99. The van der Waals surface area contributed by atoms with Crippen molar-refractivity contribution in [3.8, 4) is 0 Å². The summed E-state index contributed by atoms with van der Waals surface area (Å²) < 4.78 is 1.61. The normalized spacial score (nSPS) is 17.0. The Labute approximate surface area is 140 Å². The molecule has 0 radical (unpaired) electrons. The lowest BCUT2D eigenvalue weighted by Crippen LogP contribution is -2.53. The van der Waals surface area contributed by atoms with Crippen molar-refractivity contribution in [1.82, 2.24) is 20.1 Å². The molecule has 1 aliphatic rings. The highest BCUT2D eigenvalue weighted by Crippen LogP contribution is 2.39. The van der Waals surface area contributed by atoms with Gasteiger partial charge in [-0.3, -0.25) is 19.4 Å². The number of aryl methyl sites for hydroxylation is 3. The van der Waals surface area contributed by atoms with Crippen molar-refractivity contribution in [3.63, 3.8) is 0 Å². The fourth-order valence-corrected chi connectivity index (χ4v) is 3.47. The van der Waals surface area contributed by atoms with Gasteiger partial charge in [0.05, 0.1) is 17.3 Å². The fourth-order valence-electron chi connectivity index (χ4n) is 3.47. The Balaban J connectivity index is 1.91. The third-order valence-electron chi connectivity index (χ3n) is 5.24. The van der Waals surface area contributed by atoms with Crippen LogP contribution >= 0.6 is 0 Å². The van der Waals surface area contributed by atoms with Gasteiger partial charge in [0.2, 0.25) is 5.91 Å². The van der Waals surface area contributed by atoms with Gasteiger partial charge in [0.15, 0.2) is 5.65 Å². The molecule has 0 saturated heterocycles. The number of carbonyl (C=O) groups is 1. The van der Waals surface area contributed by atoms with Crippen molar-refractivity contribution in [2.75, 3.05) is 6.54 Å². The van der Waals surface area contributed by atoms with E-state index in [1.54, 1.807) is 11.7 Å². The summed E-state index contributed by atoms with van der Waals surface area (Å²) in [5.41, 5.74) is 8.36.